The number of hydrogen-bond acceptors (Lipinski definition) is 6. The molecule has 0 aromatic carbocycles. The van der Waals surface area contributed by atoms with Crippen molar-refractivity contribution in [1.29, 1.82) is 0 Å². The van der Waals surface area contributed by atoms with Crippen LogP contribution in [0.3, 0.4) is 0 Å². The number of urea groups is 2. The minimum atomic E-state index is -0.736. The average Bonchev–Trinajstić information content (AvgIpc) is 2.93. The molecule has 0 aliphatic carbocycles. The van der Waals surface area contributed by atoms with E-state index in [1.807, 2.05) is 33.4 Å². The van der Waals surface area contributed by atoms with E-state index in [1.165, 1.54) is 0 Å². The maximum Gasteiger partial charge on any atom is 0.324 e. The molecule has 2 heterocycles. The highest BCUT2D eigenvalue weighted by Crippen LogP contribution is 2.51. The molecule has 2 aliphatic heterocycles. The van der Waals surface area contributed by atoms with Gasteiger partial charge in [0.05, 0.1) is 0 Å². The van der Waals surface area contributed by atoms with Gasteiger partial charge in [-0.2, -0.15) is 50.5 Å². The van der Waals surface area contributed by atoms with Crippen molar-refractivity contribution in [1.82, 2.24) is 19.6 Å². The molecule has 0 radical (unpaired) electrons. The van der Waals surface area contributed by atoms with Gasteiger partial charge in [0.25, 0.3) is 0 Å². The van der Waals surface area contributed by atoms with Crippen LogP contribution in [0.5, 0.6) is 0 Å². The molecule has 0 N–H and O–H groups in total. The zero-order valence-corrected chi connectivity index (χ0v) is 20.5. The van der Waals surface area contributed by atoms with Crippen molar-refractivity contribution in [3.8, 4) is 0 Å². The normalized spacial score (nSPS) is 27.4. The molecule has 6 nitrogen and oxygen atoms in total. The number of fused-ring (bicyclic) bond motifs is 1. The van der Waals surface area contributed by atoms with E-state index in [0.29, 0.717) is 49.2 Å². The number of carbonyl (C=O) groups is 2. The number of amides is 4. The smallest absolute Gasteiger partial charge is 0.297 e. The highest BCUT2D eigenvalue weighted by molar-refractivity contribution is 7.80. The third-order valence-corrected chi connectivity index (χ3v) is 7.35. The monoisotopic (exact) mass is 466 g/mol. The second-order valence-corrected chi connectivity index (χ2v) is 9.31. The van der Waals surface area contributed by atoms with E-state index in [9.17, 15) is 9.59 Å². The van der Waals surface area contributed by atoms with Crippen LogP contribution in [0, 0.1) is 0 Å². The topological polar surface area (TPSA) is 47.1 Å². The van der Waals surface area contributed by atoms with Gasteiger partial charge in [-0.3, -0.25) is 19.6 Å². The van der Waals surface area contributed by atoms with Crippen LogP contribution in [-0.2, 0) is 0 Å². The Bertz CT molecular complexity index is 482. The molecule has 2 fully saturated rings. The van der Waals surface area contributed by atoms with Crippen LogP contribution in [0.2, 0.25) is 0 Å². The Kier molecular flexibility index (Phi) is 8.91. The molecule has 2 aliphatic rings. The Hall–Kier alpha value is -0.0600. The zero-order chi connectivity index (χ0) is 20.9. The second-order valence-electron chi connectivity index (χ2n) is 7.52. The molecule has 0 saturated carbocycles. The van der Waals surface area contributed by atoms with Crippen LogP contribution in [0.25, 0.3) is 0 Å². The van der Waals surface area contributed by atoms with Gasteiger partial charge < -0.3 is 0 Å². The molecule has 28 heavy (non-hydrogen) atoms. The van der Waals surface area contributed by atoms with Crippen molar-refractivity contribution in [3.05, 3.63) is 0 Å². The molecule has 4 amide bonds. The minimum absolute atomic E-state index is 0.00665. The van der Waals surface area contributed by atoms with Gasteiger partial charge in [0.1, 0.15) is 0 Å². The van der Waals surface area contributed by atoms with E-state index in [2.05, 4.69) is 50.5 Å². The second kappa shape index (κ2) is 10.3. The molecule has 2 saturated heterocycles. The van der Waals surface area contributed by atoms with Crippen molar-refractivity contribution in [2.24, 2.45) is 0 Å². The summed E-state index contributed by atoms with van der Waals surface area (Å²) >= 11 is 17.3. The summed E-state index contributed by atoms with van der Waals surface area (Å²) in [7, 11) is 0. The van der Waals surface area contributed by atoms with Gasteiger partial charge in [0.15, 0.2) is 11.3 Å². The number of carbonyl (C=O) groups excluding carboxylic acids is 2. The first-order valence-corrected chi connectivity index (χ1v) is 12.5. The van der Waals surface area contributed by atoms with E-state index in [0.717, 1.165) is 25.7 Å². The molecule has 0 spiro atoms. The van der Waals surface area contributed by atoms with E-state index in [1.54, 1.807) is 0 Å². The van der Waals surface area contributed by atoms with Crippen LogP contribution < -0.4 is 0 Å². The van der Waals surface area contributed by atoms with E-state index in [4.69, 9.17) is 0 Å². The Labute approximate surface area is 191 Å². The van der Waals surface area contributed by atoms with Gasteiger partial charge in [-0.15, -0.1) is 0 Å². The zero-order valence-electron chi connectivity index (χ0n) is 16.9. The molecule has 10 heteroatoms. The summed E-state index contributed by atoms with van der Waals surface area (Å²) in [4.78, 5) is 34.5. The first kappa shape index (κ1) is 24.2. The van der Waals surface area contributed by atoms with Crippen molar-refractivity contribution < 1.29 is 9.59 Å². The van der Waals surface area contributed by atoms with E-state index >= 15 is 0 Å². The van der Waals surface area contributed by atoms with Crippen molar-refractivity contribution in [3.63, 3.8) is 0 Å². The lowest BCUT2D eigenvalue weighted by Gasteiger charge is -2.46. The molecule has 162 valence electrons. The maximum absolute atomic E-state index is 13.5. The standard InChI is InChI=1S/C18H34N4O2S4/c1-17-18(2,21(9-5-13-27)15(23)19(17)7-3-11-25)22(10-6-14-28)16(24)20(17)8-4-12-26/h25-28H,3-14H2,1-2H3. The van der Waals surface area contributed by atoms with Gasteiger partial charge in [0.2, 0.25) is 0 Å². The molecule has 0 bridgehead atoms. The third kappa shape index (κ3) is 3.83. The highest BCUT2D eigenvalue weighted by atomic mass is 32.1. The van der Waals surface area contributed by atoms with Crippen molar-refractivity contribution >= 4 is 62.6 Å². The van der Waals surface area contributed by atoms with Crippen LogP contribution in [0.4, 0.5) is 9.59 Å². The lowest BCUT2D eigenvalue weighted by Crippen LogP contribution is -2.65. The van der Waals surface area contributed by atoms with Gasteiger partial charge >= 0.3 is 12.1 Å². The Morgan fingerprint density at radius 1 is 0.571 bits per heavy atom. The predicted octanol–water partition coefficient (Wildman–Crippen LogP) is 3.17. The molecule has 0 aromatic heterocycles. The van der Waals surface area contributed by atoms with E-state index < -0.39 is 11.3 Å². The molecular formula is C18H34N4O2S4. The molecule has 0 atom stereocenters. The summed E-state index contributed by atoms with van der Waals surface area (Å²) in [6, 6.07) is -0.0133. The summed E-state index contributed by atoms with van der Waals surface area (Å²) < 4.78 is 0. The summed E-state index contributed by atoms with van der Waals surface area (Å²) in [5, 5.41) is 0. The fourth-order valence-corrected chi connectivity index (χ4v) is 5.08. The largest absolute Gasteiger partial charge is 0.324 e. The quantitative estimate of drug-likeness (QED) is 0.334. The van der Waals surface area contributed by atoms with Gasteiger partial charge in [-0.25, -0.2) is 9.59 Å². The summed E-state index contributed by atoms with van der Waals surface area (Å²) in [6.45, 7) is 6.41. The third-order valence-electron chi connectivity index (χ3n) is 6.08. The molecular weight excluding hydrogens is 432 g/mol. The van der Waals surface area contributed by atoms with Crippen LogP contribution in [0.15, 0.2) is 0 Å². The maximum atomic E-state index is 13.5. The molecule has 2 rings (SSSR count). The van der Waals surface area contributed by atoms with Crippen LogP contribution >= 0.6 is 50.5 Å². The van der Waals surface area contributed by atoms with Crippen molar-refractivity contribution in [2.75, 3.05) is 49.2 Å². The Morgan fingerprint density at radius 2 is 0.786 bits per heavy atom. The van der Waals surface area contributed by atoms with Gasteiger partial charge in [0, 0.05) is 26.2 Å². The number of thiol groups is 4. The fraction of sp³-hybridized carbons (Fsp3) is 0.889. The van der Waals surface area contributed by atoms with Crippen molar-refractivity contribution in [2.45, 2.75) is 50.9 Å². The first-order chi connectivity index (χ1) is 13.4. The lowest BCUT2D eigenvalue weighted by molar-refractivity contribution is -0.0392. The summed E-state index contributed by atoms with van der Waals surface area (Å²) in [5.74, 6) is 2.78. The molecule has 0 aromatic rings. The highest BCUT2D eigenvalue weighted by Gasteiger charge is 2.73. The Balaban J connectivity index is 2.54. The Morgan fingerprint density at radius 3 is 0.964 bits per heavy atom. The lowest BCUT2D eigenvalue weighted by atomic mass is 9.94. The average molecular weight is 467 g/mol. The van der Waals surface area contributed by atoms with Gasteiger partial charge in [-0.05, 0) is 62.5 Å². The van der Waals surface area contributed by atoms with Gasteiger partial charge in [-0.1, -0.05) is 0 Å². The fourth-order valence-electron chi connectivity index (χ4n) is 4.52. The first-order valence-electron chi connectivity index (χ1n) is 9.98. The molecule has 0 unspecified atom stereocenters. The SMILES string of the molecule is CC12N(CCCS)C(=O)N(CCCS)C1(C)N(CCCS)C(=O)N2CCCS. The number of hydrogen-bond donors (Lipinski definition) is 4. The minimum Gasteiger partial charge on any atom is -0.297 e. The van der Waals surface area contributed by atoms with Crippen LogP contribution in [0.1, 0.15) is 39.5 Å². The number of rotatable bonds is 12. The van der Waals surface area contributed by atoms with E-state index in [-0.39, 0.29) is 12.1 Å². The summed E-state index contributed by atoms with van der Waals surface area (Å²) in [6.07, 6.45) is 3.14. The summed E-state index contributed by atoms with van der Waals surface area (Å²) in [5.41, 5.74) is -1.47. The van der Waals surface area contributed by atoms with Crippen LogP contribution in [-0.4, -0.2) is 92.2 Å². The predicted molar refractivity (Wildman–Crippen MR) is 128 cm³/mol. The number of nitrogens with zero attached hydrogens (tertiary/aromatic N) is 4.